The lowest BCUT2D eigenvalue weighted by atomic mass is 10.1. The van der Waals surface area contributed by atoms with Gasteiger partial charge in [-0.15, -0.1) is 11.8 Å². The molecule has 1 heterocycles. The Labute approximate surface area is 121 Å². The summed E-state index contributed by atoms with van der Waals surface area (Å²) in [5, 5.41) is 3.57. The van der Waals surface area contributed by atoms with Crippen LogP contribution in [-0.2, 0) is 4.74 Å². The van der Waals surface area contributed by atoms with Crippen LogP contribution >= 0.6 is 11.8 Å². The average Bonchev–Trinajstić information content (AvgIpc) is 2.96. The quantitative estimate of drug-likeness (QED) is 0.762. The van der Waals surface area contributed by atoms with Crippen molar-refractivity contribution in [3.63, 3.8) is 0 Å². The van der Waals surface area contributed by atoms with Crippen LogP contribution in [0.15, 0.2) is 29.2 Å². The highest BCUT2D eigenvalue weighted by atomic mass is 32.2. The van der Waals surface area contributed by atoms with Crippen LogP contribution in [0.3, 0.4) is 0 Å². The van der Waals surface area contributed by atoms with Gasteiger partial charge in [0.05, 0.1) is 6.10 Å². The Morgan fingerprint density at radius 1 is 1.42 bits per heavy atom. The highest BCUT2D eigenvalue weighted by Crippen LogP contribution is 2.29. The summed E-state index contributed by atoms with van der Waals surface area (Å²) in [4.78, 5) is 1.40. The third kappa shape index (κ3) is 4.51. The molecule has 1 saturated heterocycles. The summed E-state index contributed by atoms with van der Waals surface area (Å²) >= 11 is 1.94. The normalized spacial score (nSPS) is 20.6. The van der Waals surface area contributed by atoms with E-state index in [0.29, 0.717) is 12.1 Å². The summed E-state index contributed by atoms with van der Waals surface area (Å²) < 4.78 is 5.70. The molecule has 0 saturated carbocycles. The minimum Gasteiger partial charge on any atom is -0.377 e. The summed E-state index contributed by atoms with van der Waals surface area (Å²) in [7, 11) is 0. The van der Waals surface area contributed by atoms with Crippen molar-refractivity contribution in [1.82, 2.24) is 5.32 Å². The Kier molecular flexibility index (Phi) is 6.21. The van der Waals surface area contributed by atoms with E-state index < -0.39 is 0 Å². The molecule has 0 spiro atoms. The van der Waals surface area contributed by atoms with Crippen LogP contribution < -0.4 is 5.32 Å². The molecule has 1 fully saturated rings. The molecule has 2 rings (SSSR count). The van der Waals surface area contributed by atoms with Gasteiger partial charge in [-0.3, -0.25) is 0 Å². The standard InChI is InChI=1S/C16H25NOS/c1-3-10-17-13(2)15-8-4-5-9-16(15)19-12-14-7-6-11-18-14/h4-5,8-9,13-14,17H,3,6-7,10-12H2,1-2H3. The van der Waals surface area contributed by atoms with Crippen molar-refractivity contribution in [2.75, 3.05) is 18.9 Å². The van der Waals surface area contributed by atoms with E-state index >= 15 is 0 Å². The van der Waals surface area contributed by atoms with Crippen LogP contribution in [-0.4, -0.2) is 25.0 Å². The molecule has 19 heavy (non-hydrogen) atoms. The number of ether oxygens (including phenoxy) is 1. The molecule has 0 amide bonds. The van der Waals surface area contributed by atoms with Crippen molar-refractivity contribution in [1.29, 1.82) is 0 Å². The zero-order valence-corrected chi connectivity index (χ0v) is 12.8. The van der Waals surface area contributed by atoms with Gasteiger partial charge in [0.25, 0.3) is 0 Å². The highest BCUT2D eigenvalue weighted by molar-refractivity contribution is 7.99. The fraction of sp³-hybridized carbons (Fsp3) is 0.625. The minimum absolute atomic E-state index is 0.424. The van der Waals surface area contributed by atoms with Crippen molar-refractivity contribution in [3.8, 4) is 0 Å². The van der Waals surface area contributed by atoms with Gasteiger partial charge in [0.2, 0.25) is 0 Å². The maximum atomic E-state index is 5.70. The van der Waals surface area contributed by atoms with E-state index in [-0.39, 0.29) is 0 Å². The van der Waals surface area contributed by atoms with E-state index in [4.69, 9.17) is 4.74 Å². The Hall–Kier alpha value is -0.510. The first-order chi connectivity index (χ1) is 9.31. The molecule has 2 unspecified atom stereocenters. The third-order valence-electron chi connectivity index (χ3n) is 3.53. The molecule has 3 heteroatoms. The fourth-order valence-corrected chi connectivity index (χ4v) is 3.61. The number of thioether (sulfide) groups is 1. The summed E-state index contributed by atoms with van der Waals surface area (Å²) in [6.07, 6.45) is 4.08. The zero-order valence-electron chi connectivity index (χ0n) is 12.0. The summed E-state index contributed by atoms with van der Waals surface area (Å²) in [5.74, 6) is 1.08. The Balaban J connectivity index is 1.94. The van der Waals surface area contributed by atoms with E-state index in [9.17, 15) is 0 Å². The molecule has 1 aliphatic rings. The average molecular weight is 279 g/mol. The molecule has 0 aromatic heterocycles. The first-order valence-electron chi connectivity index (χ1n) is 7.38. The maximum Gasteiger partial charge on any atom is 0.0669 e. The number of hydrogen-bond acceptors (Lipinski definition) is 3. The molecule has 1 N–H and O–H groups in total. The van der Waals surface area contributed by atoms with Gasteiger partial charge >= 0.3 is 0 Å². The second-order valence-corrected chi connectivity index (χ2v) is 6.22. The lowest BCUT2D eigenvalue weighted by Gasteiger charge is -2.18. The lowest BCUT2D eigenvalue weighted by molar-refractivity contribution is 0.129. The third-order valence-corrected chi connectivity index (χ3v) is 4.76. The number of nitrogens with one attached hydrogen (secondary N) is 1. The summed E-state index contributed by atoms with van der Waals surface area (Å²) in [6, 6.07) is 9.17. The number of benzene rings is 1. The van der Waals surface area contributed by atoms with Crippen LogP contribution in [0.25, 0.3) is 0 Å². The van der Waals surface area contributed by atoms with Crippen molar-refractivity contribution in [3.05, 3.63) is 29.8 Å². The molecule has 2 atom stereocenters. The van der Waals surface area contributed by atoms with E-state index in [1.165, 1.54) is 29.7 Å². The van der Waals surface area contributed by atoms with Crippen molar-refractivity contribution in [2.45, 2.75) is 50.2 Å². The molecule has 2 nitrogen and oxygen atoms in total. The van der Waals surface area contributed by atoms with Crippen LogP contribution in [0.2, 0.25) is 0 Å². The van der Waals surface area contributed by atoms with E-state index in [2.05, 4.69) is 43.4 Å². The molecule has 1 aromatic carbocycles. The van der Waals surface area contributed by atoms with Gasteiger partial charge < -0.3 is 10.1 Å². The van der Waals surface area contributed by atoms with Crippen LogP contribution in [0.5, 0.6) is 0 Å². The smallest absolute Gasteiger partial charge is 0.0669 e. The van der Waals surface area contributed by atoms with Gasteiger partial charge in [0.1, 0.15) is 0 Å². The predicted octanol–water partition coefficient (Wildman–Crippen LogP) is 4.02. The molecule has 1 aromatic rings. The van der Waals surface area contributed by atoms with Gasteiger partial charge in [0.15, 0.2) is 0 Å². The van der Waals surface area contributed by atoms with Crippen molar-refractivity contribution in [2.24, 2.45) is 0 Å². The van der Waals surface area contributed by atoms with Gasteiger partial charge in [0, 0.05) is 23.3 Å². The minimum atomic E-state index is 0.424. The SMILES string of the molecule is CCCNC(C)c1ccccc1SCC1CCCO1. The lowest BCUT2D eigenvalue weighted by Crippen LogP contribution is -2.20. The summed E-state index contributed by atoms with van der Waals surface area (Å²) in [5.41, 5.74) is 1.42. The molecular formula is C16H25NOS. The molecule has 0 aliphatic carbocycles. The second kappa shape index (κ2) is 7.93. The number of rotatable bonds is 7. The fourth-order valence-electron chi connectivity index (χ4n) is 2.40. The highest BCUT2D eigenvalue weighted by Gasteiger charge is 2.17. The van der Waals surface area contributed by atoms with E-state index in [1.54, 1.807) is 0 Å². The van der Waals surface area contributed by atoms with Crippen molar-refractivity contribution >= 4 is 11.8 Å². The van der Waals surface area contributed by atoms with Crippen LogP contribution in [0.4, 0.5) is 0 Å². The maximum absolute atomic E-state index is 5.70. The first-order valence-corrected chi connectivity index (χ1v) is 8.36. The zero-order chi connectivity index (χ0) is 13.5. The number of hydrogen-bond donors (Lipinski definition) is 1. The van der Waals surface area contributed by atoms with Crippen LogP contribution in [0.1, 0.15) is 44.7 Å². The molecule has 0 radical (unpaired) electrons. The van der Waals surface area contributed by atoms with Crippen molar-refractivity contribution < 1.29 is 4.74 Å². The predicted molar refractivity (Wildman–Crippen MR) is 82.8 cm³/mol. The van der Waals surface area contributed by atoms with E-state index in [1.807, 2.05) is 11.8 Å². The molecule has 0 bridgehead atoms. The summed E-state index contributed by atoms with van der Waals surface area (Å²) in [6.45, 7) is 6.48. The second-order valence-electron chi connectivity index (χ2n) is 5.16. The van der Waals surface area contributed by atoms with Gasteiger partial charge in [-0.2, -0.15) is 0 Å². The van der Waals surface area contributed by atoms with E-state index in [0.717, 1.165) is 18.9 Å². The largest absolute Gasteiger partial charge is 0.377 e. The Morgan fingerprint density at radius 3 is 3.00 bits per heavy atom. The molecular weight excluding hydrogens is 254 g/mol. The Bertz CT molecular complexity index is 377. The first kappa shape index (κ1) is 14.9. The van der Waals surface area contributed by atoms with Crippen LogP contribution in [0, 0.1) is 0 Å². The van der Waals surface area contributed by atoms with Gasteiger partial charge in [-0.1, -0.05) is 25.1 Å². The Morgan fingerprint density at radius 2 is 2.26 bits per heavy atom. The molecule has 106 valence electrons. The monoisotopic (exact) mass is 279 g/mol. The van der Waals surface area contributed by atoms with Gasteiger partial charge in [-0.25, -0.2) is 0 Å². The van der Waals surface area contributed by atoms with Gasteiger partial charge in [-0.05, 0) is 44.4 Å². The topological polar surface area (TPSA) is 21.3 Å². The molecule has 1 aliphatic heterocycles.